The zero-order chi connectivity index (χ0) is 16.6. The summed E-state index contributed by atoms with van der Waals surface area (Å²) in [5.41, 5.74) is 4.60. The molecular formula is C23H16Li2N2. The molecule has 1 heterocycles. The molecule has 0 aliphatic carbocycles. The van der Waals surface area contributed by atoms with Gasteiger partial charge in [0.2, 0.25) is 0 Å². The first-order valence-corrected chi connectivity index (χ1v) is 8.42. The van der Waals surface area contributed by atoms with Crippen LogP contribution < -0.4 is 47.5 Å². The molecule has 4 aromatic carbocycles. The van der Waals surface area contributed by atoms with Crippen molar-refractivity contribution in [3.63, 3.8) is 0 Å². The minimum absolute atomic E-state index is 0. The molecule has 0 radical (unpaired) electrons. The van der Waals surface area contributed by atoms with Crippen molar-refractivity contribution in [2.45, 2.75) is 0 Å². The SMILES string of the molecule is [Li+].[Li+].[c-]1ccccc1N1CN(c2[c-]cccc2)c2cccc3cccc1c23. The van der Waals surface area contributed by atoms with Crippen molar-refractivity contribution in [2.75, 3.05) is 16.5 Å². The molecule has 0 saturated heterocycles. The summed E-state index contributed by atoms with van der Waals surface area (Å²) in [7, 11) is 0. The largest absolute Gasteiger partial charge is 1.00 e. The average Bonchev–Trinajstić information content (AvgIpc) is 2.70. The molecule has 0 bridgehead atoms. The van der Waals surface area contributed by atoms with Crippen molar-refractivity contribution in [1.82, 2.24) is 0 Å². The first kappa shape index (κ1) is 19.7. The molecule has 120 valence electrons. The number of hydrogen-bond acceptors (Lipinski definition) is 2. The molecule has 4 heteroatoms. The van der Waals surface area contributed by atoms with Crippen LogP contribution in [0.5, 0.6) is 0 Å². The van der Waals surface area contributed by atoms with E-state index in [1.807, 2.05) is 24.3 Å². The minimum atomic E-state index is 0. The zero-order valence-corrected chi connectivity index (χ0v) is 15.7. The molecule has 0 amide bonds. The second-order valence-corrected chi connectivity index (χ2v) is 6.15. The molecule has 1 aliphatic heterocycles. The Hall–Kier alpha value is -2.07. The second kappa shape index (κ2) is 8.31. The summed E-state index contributed by atoms with van der Waals surface area (Å²) in [4.78, 5) is 4.63. The summed E-state index contributed by atoms with van der Waals surface area (Å²) in [5, 5.41) is 2.52. The van der Waals surface area contributed by atoms with Gasteiger partial charge >= 0.3 is 37.7 Å². The van der Waals surface area contributed by atoms with E-state index in [2.05, 4.69) is 82.6 Å². The molecule has 0 aromatic heterocycles. The third kappa shape index (κ3) is 3.43. The van der Waals surface area contributed by atoms with Gasteiger partial charge in [-0.15, -0.1) is 12.1 Å². The van der Waals surface area contributed by atoms with Gasteiger partial charge in [-0.25, -0.2) is 0 Å². The molecule has 0 atom stereocenters. The predicted molar refractivity (Wildman–Crippen MR) is 104 cm³/mol. The van der Waals surface area contributed by atoms with Gasteiger partial charge in [0.25, 0.3) is 0 Å². The molecule has 0 saturated carbocycles. The van der Waals surface area contributed by atoms with Crippen LogP contribution in [0.1, 0.15) is 0 Å². The Morgan fingerprint density at radius 2 is 1.11 bits per heavy atom. The summed E-state index contributed by atoms with van der Waals surface area (Å²) >= 11 is 0. The van der Waals surface area contributed by atoms with Gasteiger partial charge in [0.1, 0.15) is 0 Å². The molecule has 0 fully saturated rings. The average molecular weight is 334 g/mol. The number of para-hydroxylation sites is 2. The van der Waals surface area contributed by atoms with Gasteiger partial charge in [-0.05, 0) is 17.5 Å². The van der Waals surface area contributed by atoms with E-state index >= 15 is 0 Å². The fraction of sp³-hybridized carbons (Fsp3) is 0.0435. The van der Waals surface area contributed by atoms with Crippen LogP contribution in [0.3, 0.4) is 0 Å². The summed E-state index contributed by atoms with van der Waals surface area (Å²) < 4.78 is 0. The van der Waals surface area contributed by atoms with Crippen molar-refractivity contribution in [2.24, 2.45) is 0 Å². The van der Waals surface area contributed by atoms with Crippen LogP contribution >= 0.6 is 0 Å². The molecular weight excluding hydrogens is 318 g/mol. The number of anilines is 4. The number of hydrogen-bond donors (Lipinski definition) is 0. The van der Waals surface area contributed by atoms with Crippen molar-refractivity contribution in [1.29, 1.82) is 0 Å². The fourth-order valence-corrected chi connectivity index (χ4v) is 3.56. The van der Waals surface area contributed by atoms with Crippen LogP contribution in [0.15, 0.2) is 84.9 Å². The van der Waals surface area contributed by atoms with Crippen molar-refractivity contribution in [3.05, 3.63) is 97.1 Å². The normalized spacial score (nSPS) is 12.3. The molecule has 27 heavy (non-hydrogen) atoms. The monoisotopic (exact) mass is 334 g/mol. The summed E-state index contributed by atoms with van der Waals surface area (Å²) in [5.74, 6) is 0. The predicted octanol–water partition coefficient (Wildman–Crippen LogP) is -0.305. The Labute approximate surface area is 184 Å². The first-order valence-electron chi connectivity index (χ1n) is 8.42. The minimum Gasteiger partial charge on any atom is -0.346 e. The van der Waals surface area contributed by atoms with Crippen LogP contribution in [-0.4, -0.2) is 6.67 Å². The van der Waals surface area contributed by atoms with E-state index in [-0.39, 0.29) is 37.7 Å². The molecule has 1 aliphatic rings. The van der Waals surface area contributed by atoms with Crippen LogP contribution in [0, 0.1) is 12.1 Å². The fourth-order valence-electron chi connectivity index (χ4n) is 3.56. The Bertz CT molecular complexity index is 956. The maximum absolute atomic E-state index is 3.37. The van der Waals surface area contributed by atoms with Crippen LogP contribution in [-0.2, 0) is 0 Å². The Kier molecular flexibility index (Phi) is 6.06. The topological polar surface area (TPSA) is 6.48 Å². The summed E-state index contributed by atoms with van der Waals surface area (Å²) in [6, 6.07) is 36.0. The quantitative estimate of drug-likeness (QED) is 0.367. The van der Waals surface area contributed by atoms with Gasteiger partial charge in [0.05, 0.1) is 18.0 Å². The van der Waals surface area contributed by atoms with Gasteiger partial charge in [0.15, 0.2) is 0 Å². The van der Waals surface area contributed by atoms with E-state index in [9.17, 15) is 0 Å². The Balaban J connectivity index is 0.00000105. The number of nitrogens with zero attached hydrogens (tertiary/aromatic N) is 2. The van der Waals surface area contributed by atoms with Crippen molar-refractivity contribution in [3.8, 4) is 0 Å². The first-order chi connectivity index (χ1) is 12.4. The van der Waals surface area contributed by atoms with E-state index in [1.54, 1.807) is 0 Å². The van der Waals surface area contributed by atoms with Gasteiger partial charge in [-0.3, -0.25) is 0 Å². The zero-order valence-electron chi connectivity index (χ0n) is 15.7. The Morgan fingerprint density at radius 3 is 1.56 bits per heavy atom. The van der Waals surface area contributed by atoms with Gasteiger partial charge in [-0.1, -0.05) is 35.6 Å². The maximum Gasteiger partial charge on any atom is 1.00 e. The Morgan fingerprint density at radius 1 is 0.593 bits per heavy atom. The van der Waals surface area contributed by atoms with E-state index < -0.39 is 0 Å². The number of rotatable bonds is 2. The van der Waals surface area contributed by atoms with E-state index in [4.69, 9.17) is 0 Å². The van der Waals surface area contributed by atoms with E-state index in [0.717, 1.165) is 18.0 Å². The summed E-state index contributed by atoms with van der Waals surface area (Å²) in [6.45, 7) is 0.733. The standard InChI is InChI=1S/C23H16N2.2Li/c1-3-11-19(12-4-1)24-17-25(20-13-5-2-6-14-20)22-16-8-10-18-9-7-15-21(24)23(18)22;;/h1-11,13,15-16H,17H2;;/q-2;2*+1. The van der Waals surface area contributed by atoms with E-state index in [1.165, 1.54) is 22.1 Å². The van der Waals surface area contributed by atoms with Gasteiger partial charge in [-0.2, -0.15) is 48.5 Å². The third-order valence-corrected chi connectivity index (χ3v) is 4.69. The van der Waals surface area contributed by atoms with Crippen molar-refractivity contribution >= 4 is 33.5 Å². The third-order valence-electron chi connectivity index (χ3n) is 4.69. The van der Waals surface area contributed by atoms with Crippen LogP contribution in [0.2, 0.25) is 0 Å². The van der Waals surface area contributed by atoms with Crippen LogP contribution in [0.25, 0.3) is 10.8 Å². The molecule has 5 rings (SSSR count). The maximum atomic E-state index is 3.37. The van der Waals surface area contributed by atoms with E-state index in [0.29, 0.717) is 0 Å². The smallest absolute Gasteiger partial charge is 0.346 e. The molecule has 0 unspecified atom stereocenters. The van der Waals surface area contributed by atoms with Gasteiger partial charge in [0, 0.05) is 5.39 Å². The van der Waals surface area contributed by atoms with Gasteiger partial charge < -0.3 is 9.80 Å². The number of benzene rings is 4. The molecule has 0 spiro atoms. The molecule has 4 aromatic rings. The van der Waals surface area contributed by atoms with Crippen molar-refractivity contribution < 1.29 is 37.7 Å². The molecule has 2 nitrogen and oxygen atoms in total. The summed E-state index contributed by atoms with van der Waals surface area (Å²) in [6.07, 6.45) is 0. The second-order valence-electron chi connectivity index (χ2n) is 6.15. The molecule has 0 N–H and O–H groups in total. The van der Waals surface area contributed by atoms with Crippen LogP contribution in [0.4, 0.5) is 22.7 Å².